The molecule has 8 bridgehead atoms. The van der Waals surface area contributed by atoms with Gasteiger partial charge in [-0.3, -0.25) is 0 Å². The molecular formula is C42H30N4OS. The number of hydrogen-bond acceptors (Lipinski definition) is 2. The minimum Gasteiger partial charge on any atom is -0.479 e. The standard InChI is InChI=1S/C42H30N4OS/c48-42-29(24-25-47-42)41-36-22-20-34(45-36)39(27-12-6-2-7-13-27)32-18-16-30(43-32)38(26-10-4-1-5-11-26)31-17-19-33(44-31)40(28-14-8-3-9-15-28)35-21-23-37(41)46-35/h1-24,43-46H,25H2. The molecule has 9 rings (SSSR count). The van der Waals surface area contributed by atoms with Gasteiger partial charge in [-0.25, -0.2) is 0 Å². The van der Waals surface area contributed by atoms with Crippen molar-refractivity contribution < 1.29 is 4.74 Å². The van der Waals surface area contributed by atoms with Crippen molar-refractivity contribution in [1.82, 2.24) is 19.9 Å². The largest absolute Gasteiger partial charge is 0.479 e. The Labute approximate surface area is 282 Å². The first kappa shape index (κ1) is 28.1. The van der Waals surface area contributed by atoms with E-state index in [-0.39, 0.29) is 0 Å². The third-order valence-electron chi connectivity index (χ3n) is 9.08. The van der Waals surface area contributed by atoms with Crippen LogP contribution in [-0.2, 0) is 4.74 Å². The average molecular weight is 639 g/mol. The zero-order valence-electron chi connectivity index (χ0n) is 25.9. The first-order chi connectivity index (χ1) is 23.7. The molecule has 0 amide bonds. The van der Waals surface area contributed by atoms with Gasteiger partial charge in [0.05, 0.1) is 0 Å². The van der Waals surface area contributed by atoms with Crippen molar-refractivity contribution >= 4 is 39.6 Å². The normalized spacial score (nSPS) is 14.3. The van der Waals surface area contributed by atoms with Gasteiger partial charge in [0, 0.05) is 72.0 Å². The minimum atomic E-state index is 0.457. The second-order valence-corrected chi connectivity index (χ2v) is 12.3. The highest BCUT2D eigenvalue weighted by atomic mass is 32.1. The molecule has 7 aromatic rings. The van der Waals surface area contributed by atoms with Crippen LogP contribution in [0.4, 0.5) is 0 Å². The van der Waals surface area contributed by atoms with Crippen molar-refractivity contribution in [3.8, 4) is 0 Å². The Morgan fingerprint density at radius 2 is 0.750 bits per heavy atom. The Balaban J connectivity index is 1.44. The molecule has 2 aliphatic heterocycles. The number of ether oxygens (including phenoxy) is 1. The SMILES string of the molecule is S=C1OCC=C1C1=c2ccc([nH]2)=C(c2ccccc2)c2ccc([nH]2)C(c2ccccc2)=c2ccc([nH]2)=C(c2ccccc2)c2ccc1[nH]2. The van der Waals surface area contributed by atoms with Gasteiger partial charge in [0.1, 0.15) is 6.61 Å². The molecule has 0 aliphatic carbocycles. The number of hydrogen-bond donors (Lipinski definition) is 4. The molecule has 6 heterocycles. The molecule has 0 fully saturated rings. The second-order valence-electron chi connectivity index (χ2n) is 12.0. The molecule has 0 saturated heterocycles. The molecule has 48 heavy (non-hydrogen) atoms. The maximum Gasteiger partial charge on any atom is 0.192 e. The van der Waals surface area contributed by atoms with Crippen LogP contribution in [0.1, 0.15) is 39.5 Å². The Bertz CT molecular complexity index is 2620. The van der Waals surface area contributed by atoms with Gasteiger partial charge < -0.3 is 24.7 Å². The summed E-state index contributed by atoms with van der Waals surface area (Å²) in [5, 5.41) is 4.47. The van der Waals surface area contributed by atoms with Gasteiger partial charge in [0.15, 0.2) is 5.05 Å². The van der Waals surface area contributed by atoms with E-state index in [0.717, 1.165) is 88.7 Å². The van der Waals surface area contributed by atoms with Crippen molar-refractivity contribution in [2.45, 2.75) is 0 Å². The number of nitrogens with one attached hydrogen (secondary N) is 4. The lowest BCUT2D eigenvalue weighted by Gasteiger charge is -2.10. The molecule has 0 radical (unpaired) electrons. The monoisotopic (exact) mass is 638 g/mol. The molecular weight excluding hydrogens is 609 g/mol. The fourth-order valence-corrected chi connectivity index (χ4v) is 7.18. The van der Waals surface area contributed by atoms with E-state index in [1.54, 1.807) is 0 Å². The Morgan fingerprint density at radius 3 is 1.10 bits per heavy atom. The fourth-order valence-electron chi connectivity index (χ4n) is 6.93. The van der Waals surface area contributed by atoms with Gasteiger partial charge in [-0.1, -0.05) is 91.0 Å². The Morgan fingerprint density at radius 1 is 0.396 bits per heavy atom. The predicted octanol–water partition coefficient (Wildman–Crippen LogP) is 5.54. The zero-order valence-corrected chi connectivity index (χ0v) is 26.7. The van der Waals surface area contributed by atoms with Crippen molar-refractivity contribution in [1.29, 1.82) is 0 Å². The predicted molar refractivity (Wildman–Crippen MR) is 195 cm³/mol. The highest BCUT2D eigenvalue weighted by molar-refractivity contribution is 7.80. The quantitative estimate of drug-likeness (QED) is 0.191. The van der Waals surface area contributed by atoms with E-state index in [2.05, 4.69) is 153 Å². The number of fused-ring (bicyclic) bond motifs is 8. The number of benzene rings is 3. The van der Waals surface area contributed by atoms with Crippen LogP contribution in [0.5, 0.6) is 0 Å². The van der Waals surface area contributed by atoms with Gasteiger partial charge in [-0.2, -0.15) is 0 Å². The van der Waals surface area contributed by atoms with Crippen LogP contribution in [-0.4, -0.2) is 31.6 Å². The second kappa shape index (κ2) is 11.6. The Kier molecular flexibility index (Phi) is 6.80. The van der Waals surface area contributed by atoms with Crippen LogP contribution in [0.25, 0.3) is 22.3 Å². The fraction of sp³-hybridized carbons (Fsp3) is 0.0238. The first-order valence-corrected chi connectivity index (χ1v) is 16.4. The van der Waals surface area contributed by atoms with Crippen molar-refractivity contribution in [2.24, 2.45) is 0 Å². The molecule has 5 nitrogen and oxygen atoms in total. The number of aromatic amines is 4. The van der Waals surface area contributed by atoms with Crippen molar-refractivity contribution in [2.75, 3.05) is 6.61 Å². The van der Waals surface area contributed by atoms with Crippen LogP contribution in [0.2, 0.25) is 0 Å². The molecule has 4 aromatic heterocycles. The van der Waals surface area contributed by atoms with Crippen LogP contribution < -0.4 is 21.4 Å². The highest BCUT2D eigenvalue weighted by Crippen LogP contribution is 2.29. The molecule has 0 saturated carbocycles. The van der Waals surface area contributed by atoms with E-state index in [1.165, 1.54) is 0 Å². The van der Waals surface area contributed by atoms with Gasteiger partial charge in [-0.15, -0.1) is 0 Å². The summed E-state index contributed by atoms with van der Waals surface area (Å²) in [4.78, 5) is 15.2. The summed E-state index contributed by atoms with van der Waals surface area (Å²) in [6, 6.07) is 48.9. The van der Waals surface area contributed by atoms with Gasteiger partial charge in [-0.05, 0) is 83.5 Å². The van der Waals surface area contributed by atoms with Gasteiger partial charge in [0.2, 0.25) is 0 Å². The summed E-state index contributed by atoms with van der Waals surface area (Å²) in [5.41, 5.74) is 12.4. The van der Waals surface area contributed by atoms with E-state index in [9.17, 15) is 0 Å². The molecule has 0 spiro atoms. The number of thiocarbonyl (C=S) groups is 1. The van der Waals surface area contributed by atoms with E-state index in [4.69, 9.17) is 17.0 Å². The Hall–Kier alpha value is -6.11. The number of rotatable bonds is 4. The summed E-state index contributed by atoms with van der Waals surface area (Å²) in [6.45, 7) is 0.457. The summed E-state index contributed by atoms with van der Waals surface area (Å²) in [7, 11) is 0. The van der Waals surface area contributed by atoms with Crippen molar-refractivity contribution in [3.63, 3.8) is 0 Å². The molecule has 2 aliphatic rings. The van der Waals surface area contributed by atoms with E-state index >= 15 is 0 Å². The van der Waals surface area contributed by atoms with Crippen LogP contribution in [0.15, 0.2) is 151 Å². The van der Waals surface area contributed by atoms with Crippen LogP contribution in [0.3, 0.4) is 0 Å². The summed E-state index contributed by atoms with van der Waals surface area (Å²) in [5.74, 6) is 0. The number of aromatic nitrogens is 4. The topological polar surface area (TPSA) is 72.4 Å². The molecule has 230 valence electrons. The lowest BCUT2D eigenvalue weighted by Crippen LogP contribution is -2.19. The lowest BCUT2D eigenvalue weighted by atomic mass is 10.0. The molecule has 4 N–H and O–H groups in total. The third kappa shape index (κ3) is 4.82. The molecule has 0 unspecified atom stereocenters. The summed E-state index contributed by atoms with van der Waals surface area (Å²) >= 11 is 5.73. The highest BCUT2D eigenvalue weighted by Gasteiger charge is 2.23. The molecule has 0 atom stereocenters. The van der Waals surface area contributed by atoms with E-state index < -0.39 is 0 Å². The van der Waals surface area contributed by atoms with Crippen LogP contribution >= 0.6 is 12.2 Å². The third-order valence-corrected chi connectivity index (χ3v) is 9.42. The summed E-state index contributed by atoms with van der Waals surface area (Å²) < 4.78 is 5.79. The van der Waals surface area contributed by atoms with Crippen molar-refractivity contribution in [3.05, 3.63) is 212 Å². The zero-order chi connectivity index (χ0) is 32.0. The average Bonchev–Trinajstić information content (AvgIpc) is 3.98. The van der Waals surface area contributed by atoms with E-state index in [1.807, 2.05) is 12.1 Å². The first-order valence-electron chi connectivity index (χ1n) is 16.0. The van der Waals surface area contributed by atoms with Gasteiger partial charge >= 0.3 is 0 Å². The van der Waals surface area contributed by atoms with Crippen LogP contribution in [0, 0.1) is 0 Å². The summed E-state index contributed by atoms with van der Waals surface area (Å²) in [6.07, 6.45) is 2.07. The minimum absolute atomic E-state index is 0.457. The maximum absolute atomic E-state index is 5.79. The molecule has 6 heteroatoms. The van der Waals surface area contributed by atoms with Gasteiger partial charge in [0.25, 0.3) is 0 Å². The lowest BCUT2D eigenvalue weighted by molar-refractivity contribution is 0.376. The molecule has 3 aromatic carbocycles. The van der Waals surface area contributed by atoms with E-state index in [0.29, 0.717) is 11.7 Å². The maximum atomic E-state index is 5.79. The smallest absolute Gasteiger partial charge is 0.192 e. The number of H-pyrrole nitrogens is 4.